The van der Waals surface area contributed by atoms with Crippen LogP contribution in [0.5, 0.6) is 5.88 Å². The number of urea groups is 1. The molecule has 172 valence electrons. The molecule has 0 aromatic carbocycles. The lowest BCUT2D eigenvalue weighted by atomic mass is 10.0. The molecule has 33 heavy (non-hydrogen) atoms. The SMILES string of the molecule is COc1ncc(C2=CCOCC2)c2sc(NC(=O)N3CCC(N4C(=O)C=CC4=O)CC3)nc12. The molecular formula is C22H23N5O5S. The van der Waals surface area contributed by atoms with Crippen molar-refractivity contribution in [2.75, 3.05) is 38.7 Å². The van der Waals surface area contributed by atoms with E-state index in [1.807, 2.05) is 6.08 Å². The van der Waals surface area contributed by atoms with Crippen molar-refractivity contribution >= 4 is 50.1 Å². The summed E-state index contributed by atoms with van der Waals surface area (Å²) in [5.74, 6) is -0.154. The maximum absolute atomic E-state index is 12.9. The van der Waals surface area contributed by atoms with Crippen LogP contribution < -0.4 is 10.1 Å². The number of nitrogens with zero attached hydrogens (tertiary/aromatic N) is 4. The molecule has 0 atom stereocenters. The van der Waals surface area contributed by atoms with Crippen molar-refractivity contribution in [1.82, 2.24) is 19.8 Å². The number of carbonyl (C=O) groups excluding carboxylic acids is 3. The van der Waals surface area contributed by atoms with Gasteiger partial charge in [-0.2, -0.15) is 0 Å². The first-order valence-electron chi connectivity index (χ1n) is 10.8. The molecule has 11 heteroatoms. The summed E-state index contributed by atoms with van der Waals surface area (Å²) in [5.41, 5.74) is 2.73. The van der Waals surface area contributed by atoms with E-state index >= 15 is 0 Å². The zero-order chi connectivity index (χ0) is 22.9. The van der Waals surface area contributed by atoms with Crippen LogP contribution in [0, 0.1) is 0 Å². The van der Waals surface area contributed by atoms with E-state index in [0.29, 0.717) is 55.7 Å². The Morgan fingerprint density at radius 3 is 2.67 bits per heavy atom. The van der Waals surface area contributed by atoms with Crippen LogP contribution >= 0.6 is 11.3 Å². The largest absolute Gasteiger partial charge is 0.479 e. The van der Waals surface area contributed by atoms with Gasteiger partial charge in [0.05, 0.1) is 25.0 Å². The third-order valence-electron chi connectivity index (χ3n) is 6.06. The van der Waals surface area contributed by atoms with Crippen molar-refractivity contribution in [2.24, 2.45) is 0 Å². The number of piperidine rings is 1. The van der Waals surface area contributed by atoms with Gasteiger partial charge in [-0.25, -0.2) is 14.8 Å². The highest BCUT2D eigenvalue weighted by atomic mass is 32.1. The number of hydrogen-bond acceptors (Lipinski definition) is 8. The van der Waals surface area contributed by atoms with Gasteiger partial charge >= 0.3 is 6.03 Å². The minimum atomic E-state index is -0.282. The standard InChI is InChI=1S/C22H23N5O5S/c1-31-20-18-19(15(12-23-20)13-6-10-32-11-7-13)33-21(24-18)25-22(30)26-8-4-14(5-9-26)27-16(28)2-3-17(27)29/h2-3,6,12,14H,4-5,7-11H2,1H3,(H,24,25,30). The van der Waals surface area contributed by atoms with Gasteiger partial charge < -0.3 is 14.4 Å². The quantitative estimate of drug-likeness (QED) is 0.684. The minimum Gasteiger partial charge on any atom is -0.479 e. The normalized spacial score (nSPS) is 19.4. The van der Waals surface area contributed by atoms with Gasteiger partial charge in [-0.1, -0.05) is 17.4 Å². The van der Waals surface area contributed by atoms with E-state index in [9.17, 15) is 14.4 Å². The maximum Gasteiger partial charge on any atom is 0.323 e. The van der Waals surface area contributed by atoms with Crippen molar-refractivity contribution in [2.45, 2.75) is 25.3 Å². The van der Waals surface area contributed by atoms with Crippen molar-refractivity contribution in [1.29, 1.82) is 0 Å². The zero-order valence-electron chi connectivity index (χ0n) is 18.1. The average Bonchev–Trinajstić information content (AvgIpc) is 3.41. The maximum atomic E-state index is 12.9. The highest BCUT2D eigenvalue weighted by molar-refractivity contribution is 7.22. The van der Waals surface area contributed by atoms with Gasteiger partial charge in [0.25, 0.3) is 11.8 Å². The Morgan fingerprint density at radius 2 is 2.00 bits per heavy atom. The number of methoxy groups -OCH3 is 1. The van der Waals surface area contributed by atoms with Crippen molar-refractivity contribution < 1.29 is 23.9 Å². The van der Waals surface area contributed by atoms with E-state index in [4.69, 9.17) is 9.47 Å². The molecule has 0 bridgehead atoms. The second-order valence-corrected chi connectivity index (χ2v) is 8.96. The highest BCUT2D eigenvalue weighted by Gasteiger charge is 2.34. The fourth-order valence-electron chi connectivity index (χ4n) is 4.36. The summed E-state index contributed by atoms with van der Waals surface area (Å²) >= 11 is 1.38. The second-order valence-electron chi connectivity index (χ2n) is 7.96. The van der Waals surface area contributed by atoms with Crippen LogP contribution in [0.4, 0.5) is 9.93 Å². The molecule has 5 rings (SSSR count). The number of nitrogens with one attached hydrogen (secondary N) is 1. The Morgan fingerprint density at radius 1 is 1.24 bits per heavy atom. The predicted octanol–water partition coefficient (Wildman–Crippen LogP) is 2.42. The van der Waals surface area contributed by atoms with Crippen LogP contribution in [-0.4, -0.2) is 77.1 Å². The Hall–Kier alpha value is -3.31. The molecule has 1 N–H and O–H groups in total. The number of likely N-dealkylation sites (tertiary alicyclic amines) is 1. The third kappa shape index (κ3) is 4.09. The van der Waals surface area contributed by atoms with E-state index in [2.05, 4.69) is 15.3 Å². The number of anilines is 1. The Labute approximate surface area is 193 Å². The highest BCUT2D eigenvalue weighted by Crippen LogP contribution is 2.38. The number of carbonyl (C=O) groups is 3. The summed E-state index contributed by atoms with van der Waals surface area (Å²) in [7, 11) is 1.54. The number of hydrogen-bond donors (Lipinski definition) is 1. The molecule has 5 heterocycles. The molecule has 1 fully saturated rings. The van der Waals surface area contributed by atoms with Crippen LogP contribution in [0.1, 0.15) is 24.8 Å². The number of thiazole rings is 1. The van der Waals surface area contributed by atoms with Crippen LogP contribution in [-0.2, 0) is 14.3 Å². The molecule has 1 saturated heterocycles. The lowest BCUT2D eigenvalue weighted by Crippen LogP contribution is -2.49. The summed E-state index contributed by atoms with van der Waals surface area (Å²) in [5, 5.41) is 3.36. The molecule has 10 nitrogen and oxygen atoms in total. The van der Waals surface area contributed by atoms with Crippen LogP contribution in [0.25, 0.3) is 15.8 Å². The smallest absolute Gasteiger partial charge is 0.323 e. The molecule has 3 aliphatic heterocycles. The molecule has 0 saturated carbocycles. The Balaban J connectivity index is 1.30. The molecule has 2 aromatic rings. The molecule has 0 spiro atoms. The molecule has 0 unspecified atom stereocenters. The van der Waals surface area contributed by atoms with Crippen LogP contribution in [0.15, 0.2) is 24.4 Å². The van der Waals surface area contributed by atoms with Gasteiger partial charge in [0.15, 0.2) is 5.13 Å². The van der Waals surface area contributed by atoms with Gasteiger partial charge in [-0.05, 0) is 24.8 Å². The van der Waals surface area contributed by atoms with Crippen molar-refractivity contribution in [3.63, 3.8) is 0 Å². The number of ether oxygens (including phenoxy) is 2. The molecular weight excluding hydrogens is 446 g/mol. The number of fused-ring (bicyclic) bond motifs is 1. The number of imide groups is 1. The van der Waals surface area contributed by atoms with Crippen LogP contribution in [0.3, 0.4) is 0 Å². The van der Waals surface area contributed by atoms with E-state index in [1.165, 1.54) is 28.4 Å². The van der Waals surface area contributed by atoms with Gasteiger partial charge in [0, 0.05) is 43.0 Å². The number of aromatic nitrogens is 2. The molecule has 4 amide bonds. The van der Waals surface area contributed by atoms with Gasteiger partial charge in [-0.15, -0.1) is 0 Å². The lowest BCUT2D eigenvalue weighted by Gasteiger charge is -2.35. The molecule has 3 aliphatic rings. The summed E-state index contributed by atoms with van der Waals surface area (Å²) in [6.45, 7) is 2.11. The van der Waals surface area contributed by atoms with E-state index < -0.39 is 0 Å². The molecule has 2 aromatic heterocycles. The Bertz CT molecular complexity index is 1160. The molecule has 0 aliphatic carbocycles. The number of amides is 4. The summed E-state index contributed by atoms with van der Waals surface area (Å²) in [6.07, 6.45) is 8.29. The summed E-state index contributed by atoms with van der Waals surface area (Å²) in [6, 6.07) is -0.444. The first-order chi connectivity index (χ1) is 16.0. The first kappa shape index (κ1) is 21.5. The first-order valence-corrected chi connectivity index (χ1v) is 11.6. The van der Waals surface area contributed by atoms with Gasteiger partial charge in [0.2, 0.25) is 5.88 Å². The number of pyridine rings is 1. The fourth-order valence-corrected chi connectivity index (χ4v) is 5.36. The Kier molecular flexibility index (Phi) is 5.81. The second kappa shape index (κ2) is 8.91. The van der Waals surface area contributed by atoms with Crippen molar-refractivity contribution in [3.8, 4) is 5.88 Å². The van der Waals surface area contributed by atoms with E-state index in [1.54, 1.807) is 18.2 Å². The van der Waals surface area contributed by atoms with Gasteiger partial charge in [-0.3, -0.25) is 19.8 Å². The van der Waals surface area contributed by atoms with E-state index in [0.717, 1.165) is 22.3 Å². The van der Waals surface area contributed by atoms with E-state index in [-0.39, 0.29) is 23.9 Å². The zero-order valence-corrected chi connectivity index (χ0v) is 18.9. The monoisotopic (exact) mass is 469 g/mol. The third-order valence-corrected chi connectivity index (χ3v) is 7.07. The molecule has 0 radical (unpaired) electrons. The summed E-state index contributed by atoms with van der Waals surface area (Å²) in [4.78, 5) is 48.7. The average molecular weight is 470 g/mol. The summed E-state index contributed by atoms with van der Waals surface area (Å²) < 4.78 is 11.7. The predicted molar refractivity (Wildman–Crippen MR) is 122 cm³/mol. The topological polar surface area (TPSA) is 114 Å². The number of rotatable bonds is 4. The van der Waals surface area contributed by atoms with Gasteiger partial charge in [0.1, 0.15) is 5.52 Å². The van der Waals surface area contributed by atoms with Crippen LogP contribution in [0.2, 0.25) is 0 Å². The lowest BCUT2D eigenvalue weighted by molar-refractivity contribution is -0.140. The van der Waals surface area contributed by atoms with Crippen molar-refractivity contribution in [3.05, 3.63) is 30.0 Å². The minimum absolute atomic E-state index is 0.183. The fraction of sp³-hybridized carbons (Fsp3) is 0.409.